The van der Waals surface area contributed by atoms with Crippen molar-refractivity contribution in [1.82, 2.24) is 15.6 Å². The minimum atomic E-state index is 0.735. The molecule has 1 saturated heterocycles. The number of hydrogen-bond donors (Lipinski definition) is 2. The summed E-state index contributed by atoms with van der Waals surface area (Å²) in [5.74, 6) is 1.90. The van der Waals surface area contributed by atoms with Crippen LogP contribution in [0.5, 0.6) is 0 Å². The summed E-state index contributed by atoms with van der Waals surface area (Å²) in [6, 6.07) is 12.8. The van der Waals surface area contributed by atoms with E-state index in [4.69, 9.17) is 0 Å². The van der Waals surface area contributed by atoms with E-state index < -0.39 is 0 Å². The van der Waals surface area contributed by atoms with Gasteiger partial charge in [-0.3, -0.25) is 4.99 Å². The number of guanidine groups is 1. The average molecular weight is 351 g/mol. The second-order valence-electron chi connectivity index (χ2n) is 6.62. The molecular formula is C21H29N5. The molecule has 1 aromatic carbocycles. The van der Waals surface area contributed by atoms with Crippen molar-refractivity contribution in [2.45, 2.75) is 39.3 Å². The van der Waals surface area contributed by atoms with Crippen LogP contribution in [-0.4, -0.2) is 31.1 Å². The fourth-order valence-electron chi connectivity index (χ4n) is 3.35. The number of rotatable bonds is 6. The molecule has 0 amide bonds. The molecule has 1 aliphatic rings. The van der Waals surface area contributed by atoms with Gasteiger partial charge < -0.3 is 15.5 Å². The average Bonchev–Trinajstić information content (AvgIpc) is 3.23. The van der Waals surface area contributed by atoms with E-state index in [0.717, 1.165) is 44.4 Å². The van der Waals surface area contributed by atoms with Crippen LogP contribution in [0.4, 0.5) is 5.82 Å². The maximum Gasteiger partial charge on any atom is 0.191 e. The SMILES string of the molecule is CCc1ccccc1CNC(=NC)NCc1ccnc(N2CCCC2)c1. The van der Waals surface area contributed by atoms with Gasteiger partial charge in [-0.25, -0.2) is 4.98 Å². The van der Waals surface area contributed by atoms with Crippen molar-refractivity contribution in [3.05, 3.63) is 59.3 Å². The molecule has 1 aromatic heterocycles. The summed E-state index contributed by atoms with van der Waals surface area (Å²) >= 11 is 0. The van der Waals surface area contributed by atoms with E-state index in [2.05, 4.69) is 68.8 Å². The zero-order chi connectivity index (χ0) is 18.2. The Hall–Kier alpha value is -2.56. The fourth-order valence-corrected chi connectivity index (χ4v) is 3.35. The van der Waals surface area contributed by atoms with Gasteiger partial charge in [-0.15, -0.1) is 0 Å². The number of pyridine rings is 1. The molecule has 26 heavy (non-hydrogen) atoms. The number of hydrogen-bond acceptors (Lipinski definition) is 3. The summed E-state index contributed by atoms with van der Waals surface area (Å²) in [7, 11) is 1.81. The van der Waals surface area contributed by atoms with Crippen LogP contribution in [0.15, 0.2) is 47.6 Å². The Morgan fingerprint density at radius 2 is 1.81 bits per heavy atom. The first-order valence-corrected chi connectivity index (χ1v) is 9.51. The lowest BCUT2D eigenvalue weighted by Crippen LogP contribution is -2.36. The van der Waals surface area contributed by atoms with E-state index in [1.54, 1.807) is 0 Å². The third kappa shape index (κ3) is 4.75. The normalized spacial score (nSPS) is 14.5. The van der Waals surface area contributed by atoms with Crippen LogP contribution in [0.1, 0.15) is 36.5 Å². The monoisotopic (exact) mass is 351 g/mol. The Morgan fingerprint density at radius 1 is 1.08 bits per heavy atom. The number of anilines is 1. The van der Waals surface area contributed by atoms with Crippen LogP contribution in [0.2, 0.25) is 0 Å². The highest BCUT2D eigenvalue weighted by Gasteiger charge is 2.13. The van der Waals surface area contributed by atoms with Crippen LogP contribution < -0.4 is 15.5 Å². The molecule has 0 saturated carbocycles. The van der Waals surface area contributed by atoms with E-state index in [9.17, 15) is 0 Å². The zero-order valence-electron chi connectivity index (χ0n) is 15.8. The summed E-state index contributed by atoms with van der Waals surface area (Å²) in [6.45, 7) is 5.93. The lowest BCUT2D eigenvalue weighted by Gasteiger charge is -2.17. The molecule has 5 heteroatoms. The number of aliphatic imine (C=N–C) groups is 1. The number of benzene rings is 1. The third-order valence-electron chi connectivity index (χ3n) is 4.87. The fraction of sp³-hybridized carbons (Fsp3) is 0.429. The van der Waals surface area contributed by atoms with E-state index in [1.807, 2.05) is 13.2 Å². The summed E-state index contributed by atoms with van der Waals surface area (Å²) in [4.78, 5) is 11.2. The van der Waals surface area contributed by atoms with Crippen molar-refractivity contribution < 1.29 is 0 Å². The lowest BCUT2D eigenvalue weighted by atomic mass is 10.1. The maximum atomic E-state index is 4.52. The first-order valence-electron chi connectivity index (χ1n) is 9.51. The van der Waals surface area contributed by atoms with Gasteiger partial charge >= 0.3 is 0 Å². The molecule has 0 radical (unpaired) electrons. The molecule has 0 bridgehead atoms. The number of aromatic nitrogens is 1. The smallest absolute Gasteiger partial charge is 0.191 e. The van der Waals surface area contributed by atoms with Crippen molar-refractivity contribution >= 4 is 11.8 Å². The van der Waals surface area contributed by atoms with E-state index in [0.29, 0.717) is 0 Å². The zero-order valence-corrected chi connectivity index (χ0v) is 15.8. The molecule has 2 aromatic rings. The Kier molecular flexibility index (Phi) is 6.47. The highest BCUT2D eigenvalue weighted by atomic mass is 15.2. The van der Waals surface area contributed by atoms with Crippen LogP contribution in [0.25, 0.3) is 0 Å². The minimum absolute atomic E-state index is 0.735. The molecule has 1 fully saturated rings. The third-order valence-corrected chi connectivity index (χ3v) is 4.87. The summed E-state index contributed by atoms with van der Waals surface area (Å²) in [5.41, 5.74) is 3.91. The van der Waals surface area contributed by atoms with Crippen molar-refractivity contribution in [2.24, 2.45) is 4.99 Å². The van der Waals surface area contributed by atoms with Gasteiger partial charge in [-0.2, -0.15) is 0 Å². The minimum Gasteiger partial charge on any atom is -0.357 e. The van der Waals surface area contributed by atoms with Crippen molar-refractivity contribution in [2.75, 3.05) is 25.0 Å². The van der Waals surface area contributed by atoms with Gasteiger partial charge in [-0.05, 0) is 48.1 Å². The molecule has 138 valence electrons. The molecular weight excluding hydrogens is 322 g/mol. The molecule has 0 aliphatic carbocycles. The second kappa shape index (κ2) is 9.22. The van der Waals surface area contributed by atoms with E-state index in [1.165, 1.54) is 29.5 Å². The summed E-state index contributed by atoms with van der Waals surface area (Å²) in [6.07, 6.45) is 5.47. The van der Waals surface area contributed by atoms with Crippen molar-refractivity contribution in [3.63, 3.8) is 0 Å². The van der Waals surface area contributed by atoms with E-state index in [-0.39, 0.29) is 0 Å². The molecule has 2 heterocycles. The first-order chi connectivity index (χ1) is 12.8. The van der Waals surface area contributed by atoms with Crippen molar-refractivity contribution in [3.8, 4) is 0 Å². The van der Waals surface area contributed by atoms with Gasteiger partial charge in [0.1, 0.15) is 5.82 Å². The molecule has 0 spiro atoms. The van der Waals surface area contributed by atoms with Gasteiger partial charge in [0.05, 0.1) is 0 Å². The maximum absolute atomic E-state index is 4.52. The van der Waals surface area contributed by atoms with E-state index >= 15 is 0 Å². The highest BCUT2D eigenvalue weighted by Crippen LogP contribution is 2.18. The van der Waals surface area contributed by atoms with Crippen LogP contribution in [0.3, 0.4) is 0 Å². The Labute approximate surface area is 156 Å². The predicted octanol–water partition coefficient (Wildman–Crippen LogP) is 3.11. The Bertz CT molecular complexity index is 735. The second-order valence-corrected chi connectivity index (χ2v) is 6.62. The van der Waals surface area contributed by atoms with Crippen molar-refractivity contribution in [1.29, 1.82) is 0 Å². The summed E-state index contributed by atoms with van der Waals surface area (Å²) < 4.78 is 0. The number of nitrogens with one attached hydrogen (secondary N) is 2. The quantitative estimate of drug-likeness (QED) is 0.620. The molecule has 1 aliphatic heterocycles. The Morgan fingerprint density at radius 3 is 2.54 bits per heavy atom. The lowest BCUT2D eigenvalue weighted by molar-refractivity contribution is 0.801. The first kappa shape index (κ1) is 18.2. The summed E-state index contributed by atoms with van der Waals surface area (Å²) in [5, 5.41) is 6.82. The molecule has 0 atom stereocenters. The standard InChI is InChI=1S/C21H29N5/c1-3-18-8-4-5-9-19(18)16-25-21(22-2)24-15-17-10-11-23-20(14-17)26-12-6-7-13-26/h4-5,8-11,14H,3,6-7,12-13,15-16H2,1-2H3,(H2,22,24,25). The predicted molar refractivity (Wildman–Crippen MR) is 109 cm³/mol. The van der Waals surface area contributed by atoms with Gasteiger partial charge in [0.2, 0.25) is 0 Å². The van der Waals surface area contributed by atoms with Crippen LogP contribution in [0, 0.1) is 0 Å². The van der Waals surface area contributed by atoms with Gasteiger partial charge in [0, 0.05) is 39.4 Å². The molecule has 0 unspecified atom stereocenters. The highest BCUT2D eigenvalue weighted by molar-refractivity contribution is 5.79. The Balaban J connectivity index is 1.55. The van der Waals surface area contributed by atoms with Gasteiger partial charge in [-0.1, -0.05) is 31.2 Å². The molecule has 5 nitrogen and oxygen atoms in total. The molecule has 3 rings (SSSR count). The van der Waals surface area contributed by atoms with Gasteiger partial charge in [0.15, 0.2) is 5.96 Å². The largest absolute Gasteiger partial charge is 0.357 e. The van der Waals surface area contributed by atoms with Gasteiger partial charge in [0.25, 0.3) is 0 Å². The van der Waals surface area contributed by atoms with Crippen LogP contribution in [-0.2, 0) is 19.5 Å². The number of nitrogens with zero attached hydrogens (tertiary/aromatic N) is 3. The molecule has 2 N–H and O–H groups in total. The van der Waals surface area contributed by atoms with Crippen LogP contribution >= 0.6 is 0 Å². The number of aryl methyl sites for hydroxylation is 1. The topological polar surface area (TPSA) is 52.6 Å².